The second-order valence-corrected chi connectivity index (χ2v) is 3.37. The number of rotatable bonds is 1. The number of carbonyl (C=O) groups is 1. The molecule has 0 saturated carbocycles. The molecule has 2 aromatic carbocycles. The van der Waals surface area contributed by atoms with Gasteiger partial charge in [0.15, 0.2) is 0 Å². The molecule has 3 heteroatoms. The van der Waals surface area contributed by atoms with Crippen molar-refractivity contribution < 1.29 is 4.79 Å². The minimum absolute atomic E-state index is 0.460. The van der Waals surface area contributed by atoms with Gasteiger partial charge in [0.25, 0.3) is 5.24 Å². The maximum absolute atomic E-state index is 11.1. The van der Waals surface area contributed by atoms with E-state index in [9.17, 15) is 4.79 Å². The van der Waals surface area contributed by atoms with E-state index < -0.39 is 5.24 Å². The van der Waals surface area contributed by atoms with E-state index in [1.807, 2.05) is 18.2 Å². The van der Waals surface area contributed by atoms with Gasteiger partial charge in [-0.05, 0) is 29.1 Å². The molecule has 2 rings (SSSR count). The largest absolute Gasteiger partial charge is 0.398 e. The van der Waals surface area contributed by atoms with Crippen LogP contribution in [-0.4, -0.2) is 5.24 Å². The van der Waals surface area contributed by atoms with E-state index in [2.05, 4.69) is 0 Å². The van der Waals surface area contributed by atoms with Crippen LogP contribution in [0.3, 0.4) is 0 Å². The van der Waals surface area contributed by atoms with Crippen molar-refractivity contribution in [2.45, 2.75) is 0 Å². The predicted octanol–water partition coefficient (Wildman–Crippen LogP) is 2.80. The highest BCUT2D eigenvalue weighted by Crippen LogP contribution is 2.25. The first-order valence-corrected chi connectivity index (χ1v) is 4.55. The molecule has 0 atom stereocenters. The maximum atomic E-state index is 11.1. The highest BCUT2D eigenvalue weighted by atomic mass is 35.5. The minimum atomic E-state index is -0.478. The minimum Gasteiger partial charge on any atom is -0.398 e. The lowest BCUT2D eigenvalue weighted by Crippen LogP contribution is -1.94. The zero-order valence-electron chi connectivity index (χ0n) is 7.33. The molecule has 0 saturated heterocycles. The van der Waals surface area contributed by atoms with Crippen molar-refractivity contribution in [3.63, 3.8) is 0 Å². The van der Waals surface area contributed by atoms with Crippen LogP contribution in [0, 0.1) is 0 Å². The first kappa shape index (κ1) is 9.03. The molecule has 70 valence electrons. The number of nitrogens with two attached hydrogens (primary N) is 1. The van der Waals surface area contributed by atoms with Crippen LogP contribution in [0.15, 0.2) is 36.4 Å². The number of nitrogen functional groups attached to an aromatic ring is 1. The lowest BCUT2D eigenvalue weighted by molar-refractivity contribution is 0.108. The van der Waals surface area contributed by atoms with E-state index in [1.54, 1.807) is 18.2 Å². The zero-order chi connectivity index (χ0) is 10.1. The molecule has 0 spiro atoms. The van der Waals surface area contributed by atoms with Crippen molar-refractivity contribution in [2.75, 3.05) is 5.73 Å². The van der Waals surface area contributed by atoms with E-state index in [4.69, 9.17) is 17.3 Å². The number of fused-ring (bicyclic) bond motifs is 1. The van der Waals surface area contributed by atoms with E-state index in [1.165, 1.54) is 0 Å². The third-order valence-corrected chi connectivity index (χ3v) is 2.35. The monoisotopic (exact) mass is 205 g/mol. The van der Waals surface area contributed by atoms with E-state index in [0.717, 1.165) is 10.8 Å². The normalized spacial score (nSPS) is 10.4. The van der Waals surface area contributed by atoms with Gasteiger partial charge in [-0.3, -0.25) is 4.79 Å². The van der Waals surface area contributed by atoms with Crippen LogP contribution in [-0.2, 0) is 0 Å². The average molecular weight is 206 g/mol. The van der Waals surface area contributed by atoms with Crippen LogP contribution >= 0.6 is 11.6 Å². The molecule has 14 heavy (non-hydrogen) atoms. The first-order chi connectivity index (χ1) is 6.70. The smallest absolute Gasteiger partial charge is 0.253 e. The van der Waals surface area contributed by atoms with Crippen LogP contribution < -0.4 is 5.73 Å². The SMILES string of the molecule is Nc1cccc2cccc(C(=O)Cl)c12. The molecule has 2 nitrogen and oxygen atoms in total. The Bertz CT molecular complexity index is 502. The predicted molar refractivity (Wildman–Crippen MR) is 58.5 cm³/mol. The molecule has 0 aliphatic rings. The summed E-state index contributed by atoms with van der Waals surface area (Å²) in [7, 11) is 0. The summed E-state index contributed by atoms with van der Waals surface area (Å²) in [6.07, 6.45) is 0. The molecule has 0 aromatic heterocycles. The third kappa shape index (κ3) is 1.34. The van der Waals surface area contributed by atoms with Gasteiger partial charge in [0.1, 0.15) is 0 Å². The molecule has 0 aliphatic carbocycles. The van der Waals surface area contributed by atoms with Gasteiger partial charge in [-0.1, -0.05) is 24.3 Å². The second kappa shape index (κ2) is 3.31. The molecular formula is C11H8ClNO. The summed E-state index contributed by atoms with van der Waals surface area (Å²) < 4.78 is 0. The molecule has 0 unspecified atom stereocenters. The van der Waals surface area contributed by atoms with Gasteiger partial charge in [-0.15, -0.1) is 0 Å². The Hall–Kier alpha value is -1.54. The van der Waals surface area contributed by atoms with Crippen LogP contribution in [0.4, 0.5) is 5.69 Å². The Morgan fingerprint density at radius 2 is 1.79 bits per heavy atom. The van der Waals surface area contributed by atoms with Crippen molar-refractivity contribution in [2.24, 2.45) is 0 Å². The number of hydrogen-bond donors (Lipinski definition) is 1. The summed E-state index contributed by atoms with van der Waals surface area (Å²) in [5.74, 6) is 0. The molecule has 0 fully saturated rings. The molecule has 0 amide bonds. The van der Waals surface area contributed by atoms with Gasteiger partial charge in [0.05, 0.1) is 0 Å². The van der Waals surface area contributed by atoms with Crippen LogP contribution in [0.1, 0.15) is 10.4 Å². The van der Waals surface area contributed by atoms with E-state index >= 15 is 0 Å². The number of benzene rings is 2. The number of carbonyl (C=O) groups excluding carboxylic acids is 1. The summed E-state index contributed by atoms with van der Waals surface area (Å²) >= 11 is 5.46. The molecule has 2 N–H and O–H groups in total. The fourth-order valence-electron chi connectivity index (χ4n) is 1.53. The topological polar surface area (TPSA) is 43.1 Å². The molecule has 0 heterocycles. The van der Waals surface area contributed by atoms with Crippen LogP contribution in [0.5, 0.6) is 0 Å². The van der Waals surface area contributed by atoms with Gasteiger partial charge in [-0.25, -0.2) is 0 Å². The first-order valence-electron chi connectivity index (χ1n) is 4.17. The Morgan fingerprint density at radius 3 is 2.43 bits per heavy atom. The molecule has 0 aliphatic heterocycles. The number of hydrogen-bond acceptors (Lipinski definition) is 2. The summed E-state index contributed by atoms with van der Waals surface area (Å²) in [6.45, 7) is 0. The lowest BCUT2D eigenvalue weighted by Gasteiger charge is -2.04. The summed E-state index contributed by atoms with van der Waals surface area (Å²) in [5.41, 5.74) is 6.82. The van der Waals surface area contributed by atoms with Crippen molar-refractivity contribution in [1.82, 2.24) is 0 Å². The third-order valence-electron chi connectivity index (χ3n) is 2.15. The summed E-state index contributed by atoms with van der Waals surface area (Å²) in [6, 6.07) is 10.9. The van der Waals surface area contributed by atoms with Crippen LogP contribution in [0.25, 0.3) is 10.8 Å². The summed E-state index contributed by atoms with van der Waals surface area (Å²) in [4.78, 5) is 11.1. The van der Waals surface area contributed by atoms with Crippen molar-refractivity contribution in [3.05, 3.63) is 42.0 Å². The zero-order valence-corrected chi connectivity index (χ0v) is 8.08. The van der Waals surface area contributed by atoms with Gasteiger partial charge in [0, 0.05) is 16.6 Å². The molecule has 2 aromatic rings. The number of anilines is 1. The molecule has 0 radical (unpaired) electrons. The van der Waals surface area contributed by atoms with E-state index in [-0.39, 0.29) is 0 Å². The number of halogens is 1. The fourth-order valence-corrected chi connectivity index (χ4v) is 1.69. The van der Waals surface area contributed by atoms with Gasteiger partial charge in [0.2, 0.25) is 0 Å². The van der Waals surface area contributed by atoms with Gasteiger partial charge >= 0.3 is 0 Å². The highest BCUT2D eigenvalue weighted by Gasteiger charge is 2.08. The van der Waals surface area contributed by atoms with Crippen molar-refractivity contribution in [3.8, 4) is 0 Å². The summed E-state index contributed by atoms with van der Waals surface area (Å²) in [5, 5.41) is 1.18. The Morgan fingerprint density at radius 1 is 1.14 bits per heavy atom. The second-order valence-electron chi connectivity index (χ2n) is 3.02. The lowest BCUT2D eigenvalue weighted by atomic mass is 10.0. The molecule has 0 bridgehead atoms. The van der Waals surface area contributed by atoms with Gasteiger partial charge in [-0.2, -0.15) is 0 Å². The Balaban J connectivity index is 2.91. The van der Waals surface area contributed by atoms with Crippen molar-refractivity contribution >= 4 is 33.3 Å². The average Bonchev–Trinajstić information content (AvgIpc) is 2.17. The standard InChI is InChI=1S/C11H8ClNO/c12-11(14)8-5-1-3-7-4-2-6-9(13)10(7)8/h1-6H,13H2. The maximum Gasteiger partial charge on any atom is 0.253 e. The quantitative estimate of drug-likeness (QED) is 0.575. The highest BCUT2D eigenvalue weighted by molar-refractivity contribution is 6.68. The van der Waals surface area contributed by atoms with E-state index in [0.29, 0.717) is 11.3 Å². The Kier molecular flexibility index (Phi) is 2.14. The molecular weight excluding hydrogens is 198 g/mol. The Labute approximate surface area is 86.3 Å². The van der Waals surface area contributed by atoms with Gasteiger partial charge < -0.3 is 5.73 Å². The van der Waals surface area contributed by atoms with Crippen LogP contribution in [0.2, 0.25) is 0 Å². The van der Waals surface area contributed by atoms with Crippen molar-refractivity contribution in [1.29, 1.82) is 0 Å². The fraction of sp³-hybridized carbons (Fsp3) is 0.